The van der Waals surface area contributed by atoms with Crippen LogP contribution < -0.4 is 10.2 Å². The van der Waals surface area contributed by atoms with Crippen molar-refractivity contribution in [2.75, 3.05) is 37.4 Å². The van der Waals surface area contributed by atoms with Gasteiger partial charge in [-0.15, -0.1) is 0 Å². The van der Waals surface area contributed by atoms with E-state index in [1.54, 1.807) is 0 Å². The molecule has 1 N–H and O–H groups in total. The number of anilines is 2. The number of rotatable bonds is 3. The third-order valence-electron chi connectivity index (χ3n) is 4.64. The standard InChI is InChI=1S/C16H24ClN3/c1-19(2)15-7-6-12(17)11-14(15)18-13-8-10-20-9-4-3-5-16(13)20/h6-7,11,13,16,18H,3-5,8-10H2,1-2H3. The van der Waals surface area contributed by atoms with Crippen molar-refractivity contribution in [3.63, 3.8) is 0 Å². The fourth-order valence-corrected chi connectivity index (χ4v) is 3.80. The number of benzene rings is 1. The number of hydrogen-bond donors (Lipinski definition) is 1. The first-order chi connectivity index (χ1) is 9.65. The van der Waals surface area contributed by atoms with Gasteiger partial charge in [0.1, 0.15) is 0 Å². The van der Waals surface area contributed by atoms with Crippen molar-refractivity contribution in [1.82, 2.24) is 4.90 Å². The van der Waals surface area contributed by atoms with Crippen molar-refractivity contribution < 1.29 is 0 Å². The van der Waals surface area contributed by atoms with E-state index >= 15 is 0 Å². The van der Waals surface area contributed by atoms with E-state index in [1.807, 2.05) is 6.07 Å². The molecule has 2 atom stereocenters. The summed E-state index contributed by atoms with van der Waals surface area (Å²) in [6.45, 7) is 2.51. The molecule has 0 bridgehead atoms. The molecule has 4 heteroatoms. The number of piperidine rings is 1. The zero-order valence-electron chi connectivity index (χ0n) is 12.4. The number of fused-ring (bicyclic) bond motifs is 1. The molecule has 0 aromatic heterocycles. The first kappa shape index (κ1) is 14.0. The molecule has 110 valence electrons. The van der Waals surface area contributed by atoms with Crippen molar-refractivity contribution in [2.45, 2.75) is 37.8 Å². The van der Waals surface area contributed by atoms with Crippen LogP contribution in [0.3, 0.4) is 0 Å². The summed E-state index contributed by atoms with van der Waals surface area (Å²) in [5.41, 5.74) is 2.38. The van der Waals surface area contributed by atoms with Crippen molar-refractivity contribution >= 4 is 23.0 Å². The first-order valence-electron chi connectivity index (χ1n) is 7.62. The molecule has 3 rings (SSSR count). The van der Waals surface area contributed by atoms with Crippen LogP contribution in [0.15, 0.2) is 18.2 Å². The largest absolute Gasteiger partial charge is 0.379 e. The van der Waals surface area contributed by atoms with E-state index in [2.05, 4.69) is 41.3 Å². The summed E-state index contributed by atoms with van der Waals surface area (Å²) in [7, 11) is 4.16. The van der Waals surface area contributed by atoms with Crippen LogP contribution in [0.25, 0.3) is 0 Å². The van der Waals surface area contributed by atoms with Crippen LogP contribution in [0, 0.1) is 0 Å². The molecule has 1 aromatic rings. The van der Waals surface area contributed by atoms with E-state index in [4.69, 9.17) is 11.6 Å². The molecule has 0 radical (unpaired) electrons. The first-order valence-corrected chi connectivity index (χ1v) is 8.00. The second kappa shape index (κ2) is 5.82. The number of nitrogens with zero attached hydrogens (tertiary/aromatic N) is 2. The maximum Gasteiger partial charge on any atom is 0.0597 e. The van der Waals surface area contributed by atoms with Crippen LogP contribution in [0.4, 0.5) is 11.4 Å². The Bertz CT molecular complexity index is 475. The molecule has 2 unspecified atom stereocenters. The summed E-state index contributed by atoms with van der Waals surface area (Å²) < 4.78 is 0. The summed E-state index contributed by atoms with van der Waals surface area (Å²) >= 11 is 6.18. The van der Waals surface area contributed by atoms with Crippen LogP contribution in [-0.2, 0) is 0 Å². The lowest BCUT2D eigenvalue weighted by Crippen LogP contribution is -2.41. The SMILES string of the molecule is CN(C)c1ccc(Cl)cc1NC1CCN2CCCCC12. The fourth-order valence-electron chi connectivity index (χ4n) is 3.63. The Morgan fingerprint density at radius 2 is 2.05 bits per heavy atom. The highest BCUT2D eigenvalue weighted by molar-refractivity contribution is 6.31. The molecule has 2 saturated heterocycles. The maximum atomic E-state index is 6.18. The Labute approximate surface area is 126 Å². The molecular formula is C16H24ClN3. The van der Waals surface area contributed by atoms with Gasteiger partial charge in [0.2, 0.25) is 0 Å². The number of hydrogen-bond acceptors (Lipinski definition) is 3. The molecule has 3 nitrogen and oxygen atoms in total. The van der Waals surface area contributed by atoms with Gasteiger partial charge in [0.05, 0.1) is 11.4 Å². The minimum Gasteiger partial charge on any atom is -0.379 e. The van der Waals surface area contributed by atoms with E-state index in [-0.39, 0.29) is 0 Å². The average Bonchev–Trinajstić information content (AvgIpc) is 2.82. The van der Waals surface area contributed by atoms with Crippen molar-refractivity contribution in [1.29, 1.82) is 0 Å². The predicted octanol–water partition coefficient (Wildman–Crippen LogP) is 3.44. The van der Waals surface area contributed by atoms with Gasteiger partial charge in [-0.1, -0.05) is 18.0 Å². The molecule has 2 aliphatic rings. The van der Waals surface area contributed by atoms with Gasteiger partial charge < -0.3 is 10.2 Å². The molecule has 2 aliphatic heterocycles. The van der Waals surface area contributed by atoms with Crippen LogP contribution in [0.1, 0.15) is 25.7 Å². The van der Waals surface area contributed by atoms with Gasteiger partial charge >= 0.3 is 0 Å². The summed E-state index contributed by atoms with van der Waals surface area (Å²) in [5.74, 6) is 0. The Morgan fingerprint density at radius 1 is 1.20 bits per heavy atom. The van der Waals surface area contributed by atoms with Crippen LogP contribution in [-0.4, -0.2) is 44.2 Å². The maximum absolute atomic E-state index is 6.18. The lowest BCUT2D eigenvalue weighted by atomic mass is 9.98. The highest BCUT2D eigenvalue weighted by atomic mass is 35.5. The second-order valence-corrected chi connectivity index (χ2v) is 6.63. The molecule has 0 aliphatic carbocycles. The molecule has 0 saturated carbocycles. The Balaban J connectivity index is 1.79. The van der Waals surface area contributed by atoms with Crippen LogP contribution in [0.2, 0.25) is 5.02 Å². The highest BCUT2D eigenvalue weighted by Gasteiger charge is 2.35. The van der Waals surface area contributed by atoms with Crippen molar-refractivity contribution in [3.05, 3.63) is 23.2 Å². The average molecular weight is 294 g/mol. The fraction of sp³-hybridized carbons (Fsp3) is 0.625. The van der Waals surface area contributed by atoms with Gasteiger partial charge in [-0.3, -0.25) is 4.90 Å². The minimum atomic E-state index is 0.562. The zero-order valence-corrected chi connectivity index (χ0v) is 13.2. The van der Waals surface area contributed by atoms with Gasteiger partial charge in [-0.2, -0.15) is 0 Å². The van der Waals surface area contributed by atoms with Gasteiger partial charge in [-0.05, 0) is 44.0 Å². The molecule has 0 amide bonds. The predicted molar refractivity (Wildman–Crippen MR) is 87.0 cm³/mol. The van der Waals surface area contributed by atoms with Gasteiger partial charge in [-0.25, -0.2) is 0 Å². The van der Waals surface area contributed by atoms with E-state index < -0.39 is 0 Å². The molecule has 0 spiro atoms. The smallest absolute Gasteiger partial charge is 0.0597 e. The van der Waals surface area contributed by atoms with E-state index in [9.17, 15) is 0 Å². The molecular weight excluding hydrogens is 270 g/mol. The second-order valence-electron chi connectivity index (χ2n) is 6.19. The lowest BCUT2D eigenvalue weighted by Gasteiger charge is -2.33. The summed E-state index contributed by atoms with van der Waals surface area (Å²) in [6.07, 6.45) is 5.30. The summed E-state index contributed by atoms with van der Waals surface area (Å²) in [6, 6.07) is 7.38. The zero-order chi connectivity index (χ0) is 14.1. The van der Waals surface area contributed by atoms with E-state index in [1.165, 1.54) is 50.1 Å². The van der Waals surface area contributed by atoms with Crippen molar-refractivity contribution in [2.24, 2.45) is 0 Å². The molecule has 1 aromatic carbocycles. The van der Waals surface area contributed by atoms with Crippen molar-refractivity contribution in [3.8, 4) is 0 Å². The Kier molecular flexibility index (Phi) is 4.08. The van der Waals surface area contributed by atoms with E-state index in [0.29, 0.717) is 12.1 Å². The normalized spacial score (nSPS) is 26.4. The quantitative estimate of drug-likeness (QED) is 0.921. The topological polar surface area (TPSA) is 18.5 Å². The minimum absolute atomic E-state index is 0.562. The van der Waals surface area contributed by atoms with Crippen LogP contribution >= 0.6 is 11.6 Å². The van der Waals surface area contributed by atoms with Gasteiger partial charge in [0.15, 0.2) is 0 Å². The molecule has 2 heterocycles. The number of halogens is 1. The molecule has 20 heavy (non-hydrogen) atoms. The van der Waals surface area contributed by atoms with E-state index in [0.717, 1.165) is 5.02 Å². The monoisotopic (exact) mass is 293 g/mol. The third-order valence-corrected chi connectivity index (χ3v) is 4.87. The number of nitrogens with one attached hydrogen (secondary N) is 1. The van der Waals surface area contributed by atoms with Gasteiger partial charge in [0, 0.05) is 37.7 Å². The van der Waals surface area contributed by atoms with Crippen LogP contribution in [0.5, 0.6) is 0 Å². The summed E-state index contributed by atoms with van der Waals surface area (Å²) in [4.78, 5) is 4.80. The lowest BCUT2D eigenvalue weighted by molar-refractivity contribution is 0.193. The highest BCUT2D eigenvalue weighted by Crippen LogP contribution is 2.33. The molecule has 2 fully saturated rings. The van der Waals surface area contributed by atoms with Gasteiger partial charge in [0.25, 0.3) is 0 Å². The Hall–Kier alpha value is -0.930. The Morgan fingerprint density at radius 3 is 2.85 bits per heavy atom. The third kappa shape index (κ3) is 2.75. The summed E-state index contributed by atoms with van der Waals surface area (Å²) in [5, 5.41) is 4.57.